The average molecular weight is 369 g/mol. The maximum atomic E-state index is 13.9. The van der Waals surface area contributed by atoms with Gasteiger partial charge < -0.3 is 14.5 Å². The lowest BCUT2D eigenvalue weighted by atomic mass is 10.2. The molecule has 1 fully saturated rings. The van der Waals surface area contributed by atoms with Crippen molar-refractivity contribution < 1.29 is 14.0 Å². The van der Waals surface area contributed by atoms with Crippen molar-refractivity contribution in [2.24, 2.45) is 0 Å². The fraction of sp³-hybridized carbons (Fsp3) is 0.316. The van der Waals surface area contributed by atoms with Crippen LogP contribution in [-0.4, -0.2) is 53.5 Å². The fourth-order valence-electron chi connectivity index (χ4n) is 3.42. The molecule has 3 aromatic rings. The van der Waals surface area contributed by atoms with Crippen molar-refractivity contribution in [3.63, 3.8) is 0 Å². The van der Waals surface area contributed by atoms with Gasteiger partial charge in [0, 0.05) is 5.56 Å². The average Bonchev–Trinajstić information content (AvgIpc) is 3.19. The highest BCUT2D eigenvalue weighted by Crippen LogP contribution is 2.18. The van der Waals surface area contributed by atoms with Crippen LogP contribution in [0.5, 0.6) is 5.75 Å². The molecule has 1 saturated heterocycles. The van der Waals surface area contributed by atoms with Crippen molar-refractivity contribution in [1.82, 2.24) is 20.2 Å². The first-order chi connectivity index (χ1) is 13.2. The zero-order valence-corrected chi connectivity index (χ0v) is 15.2. The third-order valence-corrected chi connectivity index (χ3v) is 4.88. The number of quaternary nitrogens is 1. The molecule has 7 nitrogen and oxygen atoms in total. The Bertz CT molecular complexity index is 892. The van der Waals surface area contributed by atoms with Crippen molar-refractivity contribution in [3.8, 4) is 11.4 Å². The summed E-state index contributed by atoms with van der Waals surface area (Å²) in [4.78, 5) is 3.61. The van der Waals surface area contributed by atoms with Gasteiger partial charge in [0.1, 0.15) is 6.54 Å². The number of nitrogens with one attached hydrogen (secondary N) is 1. The maximum absolute atomic E-state index is 13.9. The predicted molar refractivity (Wildman–Crippen MR) is 98.7 cm³/mol. The molecule has 27 heavy (non-hydrogen) atoms. The summed E-state index contributed by atoms with van der Waals surface area (Å²) >= 11 is 0. The molecule has 0 unspecified atom stereocenters. The van der Waals surface area contributed by atoms with Crippen molar-refractivity contribution in [2.75, 3.05) is 38.2 Å². The molecule has 1 aliphatic rings. The third kappa shape index (κ3) is 3.75. The van der Waals surface area contributed by atoms with E-state index < -0.39 is 0 Å². The minimum atomic E-state index is -0.310. The second-order valence-corrected chi connectivity index (χ2v) is 6.61. The Balaban J connectivity index is 1.40. The maximum Gasteiger partial charge on any atom is 0.250 e. The smallest absolute Gasteiger partial charge is 0.250 e. The summed E-state index contributed by atoms with van der Waals surface area (Å²) in [6.45, 7) is 4.37. The van der Waals surface area contributed by atoms with E-state index >= 15 is 0 Å². The molecule has 2 aromatic carbocycles. The van der Waals surface area contributed by atoms with E-state index in [1.54, 1.807) is 16.8 Å². The highest BCUT2D eigenvalue weighted by atomic mass is 19.1. The minimum Gasteiger partial charge on any atom is -0.494 e. The second-order valence-electron chi connectivity index (χ2n) is 6.61. The number of benzene rings is 2. The monoisotopic (exact) mass is 369 g/mol. The summed E-state index contributed by atoms with van der Waals surface area (Å²) in [5.41, 5.74) is 1.92. The van der Waals surface area contributed by atoms with Gasteiger partial charge in [-0.1, -0.05) is 23.3 Å². The number of hydrogen-bond donors (Lipinski definition) is 1. The number of piperazine rings is 1. The Kier molecular flexibility index (Phi) is 4.97. The van der Waals surface area contributed by atoms with Crippen LogP contribution in [-0.2, 0) is 6.54 Å². The first-order valence-corrected chi connectivity index (χ1v) is 8.99. The Hall–Kier alpha value is -3.00. The second kappa shape index (κ2) is 7.71. The van der Waals surface area contributed by atoms with E-state index in [-0.39, 0.29) is 11.6 Å². The van der Waals surface area contributed by atoms with Gasteiger partial charge in [0.05, 0.1) is 39.0 Å². The van der Waals surface area contributed by atoms with Gasteiger partial charge in [-0.2, -0.15) is 4.68 Å². The molecular formula is C19H22FN6O+. The van der Waals surface area contributed by atoms with E-state index in [1.165, 1.54) is 12.0 Å². The van der Waals surface area contributed by atoms with Crippen LogP contribution in [0.1, 0.15) is 5.56 Å². The largest absolute Gasteiger partial charge is 0.494 e. The number of nitrogens with zero attached hydrogens (tertiary/aromatic N) is 5. The molecule has 0 atom stereocenters. The van der Waals surface area contributed by atoms with Crippen LogP contribution in [0.25, 0.3) is 5.69 Å². The minimum absolute atomic E-state index is 0.284. The van der Waals surface area contributed by atoms with Gasteiger partial charge >= 0.3 is 0 Å². The zero-order valence-electron chi connectivity index (χ0n) is 15.2. The Morgan fingerprint density at radius 2 is 1.89 bits per heavy atom. The number of halogens is 1. The summed E-state index contributed by atoms with van der Waals surface area (Å²) in [5, 5.41) is 12.2. The van der Waals surface area contributed by atoms with Gasteiger partial charge in [-0.25, -0.2) is 4.39 Å². The van der Waals surface area contributed by atoms with Crippen molar-refractivity contribution in [3.05, 3.63) is 59.9 Å². The quantitative estimate of drug-likeness (QED) is 0.718. The summed E-state index contributed by atoms with van der Waals surface area (Å²) in [5.74, 6) is 0.733. The van der Waals surface area contributed by atoms with Crippen molar-refractivity contribution in [1.29, 1.82) is 0 Å². The molecule has 4 rings (SSSR count). The third-order valence-electron chi connectivity index (χ3n) is 4.88. The predicted octanol–water partition coefficient (Wildman–Crippen LogP) is 0.715. The van der Waals surface area contributed by atoms with Crippen LogP contribution in [0.4, 0.5) is 10.3 Å². The SMILES string of the molecule is COc1ccc(C[NH+]2CCN(c3nnnn3-c3ccccc3)CC2)cc1F. The van der Waals surface area contributed by atoms with Crippen LogP contribution in [0.15, 0.2) is 48.5 Å². The van der Waals surface area contributed by atoms with E-state index in [4.69, 9.17) is 4.74 Å². The van der Waals surface area contributed by atoms with Crippen LogP contribution in [0.3, 0.4) is 0 Å². The van der Waals surface area contributed by atoms with Gasteiger partial charge in [0.15, 0.2) is 11.6 Å². The zero-order chi connectivity index (χ0) is 18.6. The number of hydrogen-bond acceptors (Lipinski definition) is 5. The standard InChI is InChI=1S/C19H21FN6O/c1-27-18-8-7-15(13-17(18)20)14-24-9-11-25(12-10-24)19-21-22-23-26(19)16-5-3-2-4-6-16/h2-8,13H,9-12,14H2,1H3/p+1. The lowest BCUT2D eigenvalue weighted by Crippen LogP contribution is -3.13. The van der Waals surface area contributed by atoms with E-state index in [1.807, 2.05) is 36.4 Å². The molecule has 0 spiro atoms. The lowest BCUT2D eigenvalue weighted by Gasteiger charge is -2.32. The summed E-state index contributed by atoms with van der Waals surface area (Å²) < 4.78 is 20.6. The van der Waals surface area contributed by atoms with E-state index in [0.717, 1.165) is 49.9 Å². The van der Waals surface area contributed by atoms with Gasteiger partial charge in [0.25, 0.3) is 5.95 Å². The first-order valence-electron chi connectivity index (χ1n) is 8.99. The number of methoxy groups -OCH3 is 1. The molecule has 0 bridgehead atoms. The Morgan fingerprint density at radius 1 is 1.11 bits per heavy atom. The van der Waals surface area contributed by atoms with Gasteiger partial charge in [0.2, 0.25) is 0 Å². The van der Waals surface area contributed by atoms with E-state index in [9.17, 15) is 4.39 Å². The van der Waals surface area contributed by atoms with Crippen LogP contribution >= 0.6 is 0 Å². The number of aromatic nitrogens is 4. The Labute approximate surface area is 157 Å². The lowest BCUT2D eigenvalue weighted by molar-refractivity contribution is -0.914. The molecule has 1 N–H and O–H groups in total. The molecule has 1 aromatic heterocycles. The Morgan fingerprint density at radius 3 is 2.59 bits per heavy atom. The molecule has 0 radical (unpaired) electrons. The van der Waals surface area contributed by atoms with Crippen molar-refractivity contribution >= 4 is 5.95 Å². The number of anilines is 1. The van der Waals surface area contributed by atoms with Crippen LogP contribution < -0.4 is 14.5 Å². The van der Waals surface area contributed by atoms with E-state index in [2.05, 4.69) is 20.4 Å². The van der Waals surface area contributed by atoms with Gasteiger partial charge in [-0.05, 0) is 40.8 Å². The highest BCUT2D eigenvalue weighted by Gasteiger charge is 2.24. The van der Waals surface area contributed by atoms with Gasteiger partial charge in [-0.15, -0.1) is 0 Å². The van der Waals surface area contributed by atoms with Crippen LogP contribution in [0, 0.1) is 5.82 Å². The number of tetrazole rings is 1. The number of para-hydroxylation sites is 1. The highest BCUT2D eigenvalue weighted by molar-refractivity contribution is 5.40. The number of rotatable bonds is 5. The fourth-order valence-corrected chi connectivity index (χ4v) is 3.42. The number of ether oxygens (including phenoxy) is 1. The van der Waals surface area contributed by atoms with Gasteiger partial charge in [-0.3, -0.25) is 0 Å². The molecule has 2 heterocycles. The summed E-state index contributed by atoms with van der Waals surface area (Å²) in [7, 11) is 1.48. The molecule has 1 aliphatic heterocycles. The normalized spacial score (nSPS) is 15.1. The molecule has 0 amide bonds. The summed E-state index contributed by atoms with van der Waals surface area (Å²) in [6.07, 6.45) is 0. The molecule has 140 valence electrons. The van der Waals surface area contributed by atoms with Crippen LogP contribution in [0.2, 0.25) is 0 Å². The summed E-state index contributed by atoms with van der Waals surface area (Å²) in [6, 6.07) is 15.1. The molecule has 8 heteroatoms. The van der Waals surface area contributed by atoms with Crippen molar-refractivity contribution in [2.45, 2.75) is 6.54 Å². The molecule has 0 aliphatic carbocycles. The molecular weight excluding hydrogens is 347 g/mol. The van der Waals surface area contributed by atoms with E-state index in [0.29, 0.717) is 0 Å². The first kappa shape index (κ1) is 17.4. The molecule has 0 saturated carbocycles. The topological polar surface area (TPSA) is 60.5 Å².